The van der Waals surface area contributed by atoms with E-state index in [1.54, 1.807) is 0 Å². The second-order valence-corrected chi connectivity index (χ2v) is 6.40. The standard InChI is InChI=1S/C18H17N5O7/c1-7-19-15(24)13(16(25)20-7)12(14-17(26)21-8(2)22-18(14)27)9-4-5-11(30-3)10(6-9)23(28)29/h4-6,12H,1-3H3,(H2,19,20,24,25)(H2,21,22,26,27). The molecule has 12 heteroatoms. The summed E-state index contributed by atoms with van der Waals surface area (Å²) in [5.74, 6) is -2.63. The molecule has 2 heterocycles. The molecule has 4 N–H and O–H groups in total. The number of methoxy groups -OCH3 is 1. The SMILES string of the molecule is COc1ccc(C(c2c(O)nc(C)[nH]c2=O)c2c(O)nc(C)[nH]c2=O)cc1[N+](=O)[O-]. The highest BCUT2D eigenvalue weighted by atomic mass is 16.6. The number of aromatic amines is 2. The van der Waals surface area contributed by atoms with Crippen LogP contribution >= 0.6 is 0 Å². The van der Waals surface area contributed by atoms with Crippen LogP contribution in [0.2, 0.25) is 0 Å². The summed E-state index contributed by atoms with van der Waals surface area (Å²) in [7, 11) is 1.25. The molecule has 0 aliphatic heterocycles. The molecule has 0 aliphatic carbocycles. The van der Waals surface area contributed by atoms with E-state index in [4.69, 9.17) is 4.74 Å². The minimum atomic E-state index is -1.41. The number of nitrogens with zero attached hydrogens (tertiary/aromatic N) is 3. The Hall–Kier alpha value is -4.22. The molecular formula is C18H17N5O7. The molecule has 0 radical (unpaired) electrons. The molecule has 0 saturated carbocycles. The molecule has 0 bridgehead atoms. The summed E-state index contributed by atoms with van der Waals surface area (Å²) in [6, 6.07) is 3.73. The Balaban J connectivity index is 2.42. The van der Waals surface area contributed by atoms with Crippen molar-refractivity contribution in [2.24, 2.45) is 0 Å². The van der Waals surface area contributed by atoms with Gasteiger partial charge in [0.15, 0.2) is 5.75 Å². The number of nitrogens with one attached hydrogen (secondary N) is 2. The van der Waals surface area contributed by atoms with Gasteiger partial charge in [0, 0.05) is 6.07 Å². The fraction of sp³-hybridized carbons (Fsp3) is 0.222. The molecule has 3 rings (SSSR count). The third-order valence-electron chi connectivity index (χ3n) is 4.42. The number of aryl methyl sites for hydroxylation is 2. The lowest BCUT2D eigenvalue weighted by atomic mass is 9.86. The van der Waals surface area contributed by atoms with Crippen molar-refractivity contribution in [1.29, 1.82) is 0 Å². The molecular weight excluding hydrogens is 398 g/mol. The largest absolute Gasteiger partial charge is 0.493 e. The Kier molecular flexibility index (Phi) is 5.24. The van der Waals surface area contributed by atoms with Crippen LogP contribution in [0.5, 0.6) is 17.5 Å². The predicted molar refractivity (Wildman–Crippen MR) is 103 cm³/mol. The zero-order valence-corrected chi connectivity index (χ0v) is 16.1. The van der Waals surface area contributed by atoms with Crippen LogP contribution in [0.1, 0.15) is 34.3 Å². The van der Waals surface area contributed by atoms with E-state index in [0.29, 0.717) is 0 Å². The molecule has 12 nitrogen and oxygen atoms in total. The maximum absolute atomic E-state index is 12.7. The van der Waals surface area contributed by atoms with Gasteiger partial charge in [0.25, 0.3) is 11.1 Å². The third kappa shape index (κ3) is 3.57. The van der Waals surface area contributed by atoms with Gasteiger partial charge in [0.1, 0.15) is 11.6 Å². The van der Waals surface area contributed by atoms with E-state index >= 15 is 0 Å². The Morgan fingerprint density at radius 1 is 1.03 bits per heavy atom. The summed E-state index contributed by atoms with van der Waals surface area (Å²) in [5, 5.41) is 32.2. The average Bonchev–Trinajstić information content (AvgIpc) is 2.64. The number of aromatic hydroxyl groups is 2. The van der Waals surface area contributed by atoms with Gasteiger partial charge in [-0.2, -0.15) is 0 Å². The van der Waals surface area contributed by atoms with Crippen molar-refractivity contribution in [1.82, 2.24) is 19.9 Å². The van der Waals surface area contributed by atoms with Gasteiger partial charge in [0.05, 0.1) is 29.1 Å². The molecule has 0 spiro atoms. The first-order valence-electron chi connectivity index (χ1n) is 8.56. The first-order valence-corrected chi connectivity index (χ1v) is 8.56. The highest BCUT2D eigenvalue weighted by molar-refractivity contribution is 5.55. The van der Waals surface area contributed by atoms with Gasteiger partial charge in [0.2, 0.25) is 11.8 Å². The van der Waals surface area contributed by atoms with Crippen molar-refractivity contribution in [2.75, 3.05) is 7.11 Å². The van der Waals surface area contributed by atoms with E-state index < -0.39 is 39.4 Å². The number of nitro groups is 1. The first-order chi connectivity index (χ1) is 14.1. The van der Waals surface area contributed by atoms with Gasteiger partial charge >= 0.3 is 5.69 Å². The minimum absolute atomic E-state index is 0.0529. The van der Waals surface area contributed by atoms with Gasteiger partial charge in [-0.3, -0.25) is 19.7 Å². The van der Waals surface area contributed by atoms with Crippen molar-refractivity contribution < 1.29 is 19.9 Å². The number of nitro benzene ring substituents is 1. The van der Waals surface area contributed by atoms with Crippen LogP contribution in [0.3, 0.4) is 0 Å². The summed E-state index contributed by atoms with van der Waals surface area (Å²) in [6.07, 6.45) is 0. The van der Waals surface area contributed by atoms with Crippen molar-refractivity contribution in [3.8, 4) is 17.5 Å². The average molecular weight is 415 g/mol. The summed E-state index contributed by atoms with van der Waals surface area (Å²) in [5.41, 5.74) is -2.73. The first kappa shape index (κ1) is 20.5. The molecule has 2 aromatic heterocycles. The van der Waals surface area contributed by atoms with E-state index in [1.165, 1.54) is 33.1 Å². The fourth-order valence-corrected chi connectivity index (χ4v) is 3.19. The van der Waals surface area contributed by atoms with Gasteiger partial charge in [-0.05, 0) is 25.5 Å². The monoisotopic (exact) mass is 415 g/mol. The van der Waals surface area contributed by atoms with Gasteiger partial charge in [-0.25, -0.2) is 9.97 Å². The maximum atomic E-state index is 12.7. The molecule has 0 unspecified atom stereocenters. The summed E-state index contributed by atoms with van der Waals surface area (Å²) in [4.78, 5) is 48.5. The number of ether oxygens (including phenoxy) is 1. The Bertz CT molecular complexity index is 1200. The van der Waals surface area contributed by atoms with Gasteiger partial charge in [-0.1, -0.05) is 6.07 Å². The van der Waals surface area contributed by atoms with Crippen molar-refractivity contribution >= 4 is 5.69 Å². The Morgan fingerprint density at radius 2 is 1.53 bits per heavy atom. The highest BCUT2D eigenvalue weighted by Crippen LogP contribution is 2.38. The van der Waals surface area contributed by atoms with Crippen molar-refractivity contribution in [3.63, 3.8) is 0 Å². The van der Waals surface area contributed by atoms with Gasteiger partial charge < -0.3 is 24.9 Å². The van der Waals surface area contributed by atoms with E-state index in [9.17, 15) is 29.9 Å². The quantitative estimate of drug-likeness (QED) is 0.348. The minimum Gasteiger partial charge on any atom is -0.493 e. The van der Waals surface area contributed by atoms with E-state index in [-0.39, 0.29) is 34.1 Å². The molecule has 156 valence electrons. The van der Waals surface area contributed by atoms with E-state index in [0.717, 1.165) is 6.07 Å². The third-order valence-corrected chi connectivity index (χ3v) is 4.42. The topological polar surface area (TPSA) is 184 Å². The lowest BCUT2D eigenvalue weighted by molar-refractivity contribution is -0.385. The van der Waals surface area contributed by atoms with E-state index in [1.807, 2.05) is 0 Å². The number of hydrogen-bond donors (Lipinski definition) is 4. The van der Waals surface area contributed by atoms with Crippen LogP contribution in [-0.2, 0) is 0 Å². The molecule has 1 aromatic carbocycles. The van der Waals surface area contributed by atoms with Gasteiger partial charge in [-0.15, -0.1) is 0 Å². The number of hydrogen-bond acceptors (Lipinski definition) is 9. The van der Waals surface area contributed by atoms with Crippen molar-refractivity contribution in [3.05, 3.63) is 77.4 Å². The fourth-order valence-electron chi connectivity index (χ4n) is 3.19. The van der Waals surface area contributed by atoms with Crippen LogP contribution in [0.4, 0.5) is 5.69 Å². The molecule has 0 fully saturated rings. The molecule has 0 saturated heterocycles. The number of benzene rings is 1. The van der Waals surface area contributed by atoms with E-state index in [2.05, 4.69) is 19.9 Å². The number of rotatable bonds is 5. The number of H-pyrrole nitrogens is 2. The zero-order valence-electron chi connectivity index (χ0n) is 16.1. The summed E-state index contributed by atoms with van der Waals surface area (Å²) in [6.45, 7) is 2.88. The zero-order chi connectivity index (χ0) is 22.2. The Morgan fingerprint density at radius 3 is 1.93 bits per heavy atom. The predicted octanol–water partition coefficient (Wildman–Crippen LogP) is 0.978. The highest BCUT2D eigenvalue weighted by Gasteiger charge is 2.32. The second-order valence-electron chi connectivity index (χ2n) is 6.40. The molecule has 0 atom stereocenters. The lowest BCUT2D eigenvalue weighted by Gasteiger charge is -2.19. The molecule has 0 amide bonds. The second kappa shape index (κ2) is 7.66. The molecule has 30 heavy (non-hydrogen) atoms. The molecule has 3 aromatic rings. The number of aromatic nitrogens is 4. The maximum Gasteiger partial charge on any atom is 0.311 e. The Labute approximate surface area is 168 Å². The van der Waals surface area contributed by atoms with Crippen LogP contribution in [0, 0.1) is 24.0 Å². The smallest absolute Gasteiger partial charge is 0.311 e. The summed E-state index contributed by atoms with van der Waals surface area (Å²) >= 11 is 0. The van der Waals surface area contributed by atoms with Crippen molar-refractivity contribution in [2.45, 2.75) is 19.8 Å². The van der Waals surface area contributed by atoms with Crippen LogP contribution < -0.4 is 15.9 Å². The van der Waals surface area contributed by atoms with Crippen LogP contribution in [-0.4, -0.2) is 42.2 Å². The van der Waals surface area contributed by atoms with Crippen LogP contribution in [0.15, 0.2) is 27.8 Å². The normalized spacial score (nSPS) is 10.9. The lowest BCUT2D eigenvalue weighted by Crippen LogP contribution is -2.26. The summed E-state index contributed by atoms with van der Waals surface area (Å²) < 4.78 is 4.98. The molecule has 0 aliphatic rings. The van der Waals surface area contributed by atoms with Crippen LogP contribution in [0.25, 0.3) is 0 Å².